The Kier molecular flexibility index (Phi) is 4.27. The third-order valence-corrected chi connectivity index (χ3v) is 4.55. The van der Waals surface area contributed by atoms with Gasteiger partial charge in [0, 0.05) is 12.2 Å². The molecule has 8 nitrogen and oxygen atoms in total. The van der Waals surface area contributed by atoms with Gasteiger partial charge in [-0.05, 0) is 45.4 Å². The van der Waals surface area contributed by atoms with Crippen LogP contribution in [0.4, 0.5) is 0 Å². The van der Waals surface area contributed by atoms with E-state index in [1.165, 1.54) is 6.42 Å². The molecule has 0 aromatic carbocycles. The lowest BCUT2D eigenvalue weighted by Gasteiger charge is -2.22. The van der Waals surface area contributed by atoms with Gasteiger partial charge in [0.2, 0.25) is 11.7 Å². The van der Waals surface area contributed by atoms with Crippen molar-refractivity contribution in [1.82, 2.24) is 34.8 Å². The van der Waals surface area contributed by atoms with E-state index in [0.29, 0.717) is 24.3 Å². The Labute approximate surface area is 145 Å². The molecule has 1 fully saturated rings. The lowest BCUT2D eigenvalue weighted by atomic mass is 10.2. The van der Waals surface area contributed by atoms with E-state index in [0.717, 1.165) is 36.9 Å². The summed E-state index contributed by atoms with van der Waals surface area (Å²) in [5, 5.41) is 8.53. The normalized spacial score (nSPS) is 18.1. The molecule has 0 unspecified atom stereocenters. The summed E-state index contributed by atoms with van der Waals surface area (Å²) >= 11 is 0. The summed E-state index contributed by atoms with van der Waals surface area (Å²) in [5.41, 5.74) is 0.726. The molecule has 1 atom stereocenters. The highest BCUT2D eigenvalue weighted by molar-refractivity contribution is 5.46. The molecule has 0 radical (unpaired) electrons. The van der Waals surface area contributed by atoms with E-state index in [9.17, 15) is 0 Å². The SMILES string of the molecule is Cc1nc(C)n(C[C@@H]2CCCN2Cc2nc(-c3ccccn3)no2)n1. The number of likely N-dealkylation sites (tertiary alicyclic amines) is 1. The second kappa shape index (κ2) is 6.72. The number of rotatable bonds is 5. The van der Waals surface area contributed by atoms with Gasteiger partial charge < -0.3 is 4.52 Å². The standard InChI is InChI=1S/C17H21N7O/c1-12-19-13(2)24(21-12)10-14-6-5-9-23(14)11-16-20-17(22-25-16)15-7-3-4-8-18-15/h3-4,7-8,14H,5-6,9-11H2,1-2H3/t14-/m0/s1. The fourth-order valence-electron chi connectivity index (χ4n) is 3.34. The molecule has 25 heavy (non-hydrogen) atoms. The molecule has 0 spiro atoms. The topological polar surface area (TPSA) is 85.8 Å². The average molecular weight is 339 g/mol. The quantitative estimate of drug-likeness (QED) is 0.703. The Morgan fingerprint density at radius 1 is 1.24 bits per heavy atom. The Balaban J connectivity index is 1.45. The van der Waals surface area contributed by atoms with Crippen LogP contribution in [-0.4, -0.2) is 47.4 Å². The van der Waals surface area contributed by atoms with Crippen molar-refractivity contribution in [1.29, 1.82) is 0 Å². The van der Waals surface area contributed by atoms with E-state index < -0.39 is 0 Å². The van der Waals surface area contributed by atoms with Crippen LogP contribution in [0.1, 0.15) is 30.4 Å². The summed E-state index contributed by atoms with van der Waals surface area (Å²) in [7, 11) is 0. The lowest BCUT2D eigenvalue weighted by Crippen LogP contribution is -2.33. The first-order valence-electron chi connectivity index (χ1n) is 8.55. The maximum atomic E-state index is 5.43. The summed E-state index contributed by atoms with van der Waals surface area (Å²) in [5.74, 6) is 2.94. The summed E-state index contributed by atoms with van der Waals surface area (Å²) in [6.45, 7) is 6.44. The Morgan fingerprint density at radius 2 is 2.16 bits per heavy atom. The molecule has 0 saturated carbocycles. The molecule has 3 aromatic rings. The van der Waals surface area contributed by atoms with Crippen LogP contribution in [-0.2, 0) is 13.1 Å². The van der Waals surface area contributed by atoms with Crippen molar-refractivity contribution in [2.45, 2.75) is 45.8 Å². The van der Waals surface area contributed by atoms with E-state index in [2.05, 4.69) is 30.1 Å². The Bertz CT molecular complexity index is 842. The van der Waals surface area contributed by atoms with Crippen molar-refractivity contribution in [3.63, 3.8) is 0 Å². The zero-order chi connectivity index (χ0) is 17.2. The molecule has 3 aromatic heterocycles. The average Bonchev–Trinajstić information content (AvgIpc) is 3.32. The molecule has 0 aliphatic carbocycles. The van der Waals surface area contributed by atoms with Gasteiger partial charge in [-0.15, -0.1) is 0 Å². The number of hydrogen-bond donors (Lipinski definition) is 0. The van der Waals surface area contributed by atoms with Crippen molar-refractivity contribution >= 4 is 0 Å². The van der Waals surface area contributed by atoms with E-state index >= 15 is 0 Å². The summed E-state index contributed by atoms with van der Waals surface area (Å²) < 4.78 is 7.42. The fourth-order valence-corrected chi connectivity index (χ4v) is 3.34. The number of pyridine rings is 1. The van der Waals surface area contributed by atoms with Gasteiger partial charge in [-0.25, -0.2) is 9.67 Å². The van der Waals surface area contributed by atoms with Crippen LogP contribution in [0.2, 0.25) is 0 Å². The van der Waals surface area contributed by atoms with Gasteiger partial charge in [-0.3, -0.25) is 9.88 Å². The first-order valence-corrected chi connectivity index (χ1v) is 8.55. The predicted octanol–water partition coefficient (Wildman–Crippen LogP) is 2.00. The van der Waals surface area contributed by atoms with E-state index in [4.69, 9.17) is 4.52 Å². The van der Waals surface area contributed by atoms with Crippen molar-refractivity contribution in [2.75, 3.05) is 6.54 Å². The van der Waals surface area contributed by atoms with Gasteiger partial charge in [0.1, 0.15) is 17.3 Å². The van der Waals surface area contributed by atoms with Crippen molar-refractivity contribution in [3.8, 4) is 11.5 Å². The minimum atomic E-state index is 0.407. The van der Waals surface area contributed by atoms with E-state index in [1.54, 1.807) is 6.20 Å². The number of aromatic nitrogens is 6. The summed E-state index contributed by atoms with van der Waals surface area (Å²) in [6, 6.07) is 6.07. The Hall–Kier alpha value is -2.61. The van der Waals surface area contributed by atoms with Gasteiger partial charge >= 0.3 is 0 Å². The molecule has 0 amide bonds. The largest absolute Gasteiger partial charge is 0.337 e. The maximum Gasteiger partial charge on any atom is 0.241 e. The molecular weight excluding hydrogens is 318 g/mol. The molecule has 1 saturated heterocycles. The molecule has 4 heterocycles. The van der Waals surface area contributed by atoms with Gasteiger partial charge in [-0.1, -0.05) is 11.2 Å². The zero-order valence-corrected chi connectivity index (χ0v) is 14.5. The highest BCUT2D eigenvalue weighted by Gasteiger charge is 2.27. The van der Waals surface area contributed by atoms with Crippen LogP contribution in [0.5, 0.6) is 0 Å². The molecule has 1 aliphatic heterocycles. The first kappa shape index (κ1) is 15.9. The second-order valence-electron chi connectivity index (χ2n) is 6.38. The van der Waals surface area contributed by atoms with Crippen LogP contribution in [0.3, 0.4) is 0 Å². The molecule has 0 bridgehead atoms. The number of hydrogen-bond acceptors (Lipinski definition) is 7. The summed E-state index contributed by atoms with van der Waals surface area (Å²) in [6.07, 6.45) is 4.03. The van der Waals surface area contributed by atoms with Crippen LogP contribution >= 0.6 is 0 Å². The van der Waals surface area contributed by atoms with Crippen LogP contribution in [0.15, 0.2) is 28.9 Å². The van der Waals surface area contributed by atoms with Crippen molar-refractivity contribution < 1.29 is 4.52 Å². The molecule has 130 valence electrons. The second-order valence-corrected chi connectivity index (χ2v) is 6.38. The van der Waals surface area contributed by atoms with Gasteiger partial charge in [0.05, 0.1) is 13.1 Å². The fraction of sp³-hybridized carbons (Fsp3) is 0.471. The molecule has 1 aliphatic rings. The minimum absolute atomic E-state index is 0.407. The lowest BCUT2D eigenvalue weighted by molar-refractivity contribution is 0.191. The van der Waals surface area contributed by atoms with E-state index in [-0.39, 0.29) is 0 Å². The van der Waals surface area contributed by atoms with Gasteiger partial charge in [0.25, 0.3) is 0 Å². The summed E-state index contributed by atoms with van der Waals surface area (Å²) in [4.78, 5) is 15.5. The Morgan fingerprint density at radius 3 is 2.92 bits per heavy atom. The number of nitrogens with zero attached hydrogens (tertiary/aromatic N) is 7. The third kappa shape index (κ3) is 3.43. The van der Waals surface area contributed by atoms with Crippen molar-refractivity contribution in [2.24, 2.45) is 0 Å². The van der Waals surface area contributed by atoms with Crippen LogP contribution in [0, 0.1) is 13.8 Å². The third-order valence-electron chi connectivity index (χ3n) is 4.55. The first-order chi connectivity index (χ1) is 12.2. The highest BCUT2D eigenvalue weighted by atomic mass is 16.5. The number of aryl methyl sites for hydroxylation is 2. The van der Waals surface area contributed by atoms with E-state index in [1.807, 2.05) is 36.7 Å². The molecular formula is C17H21N7O. The molecule has 4 rings (SSSR count). The monoisotopic (exact) mass is 339 g/mol. The maximum absolute atomic E-state index is 5.43. The minimum Gasteiger partial charge on any atom is -0.337 e. The van der Waals surface area contributed by atoms with Gasteiger partial charge in [0.15, 0.2) is 0 Å². The highest BCUT2D eigenvalue weighted by Crippen LogP contribution is 2.22. The molecule has 0 N–H and O–H groups in total. The van der Waals surface area contributed by atoms with Gasteiger partial charge in [-0.2, -0.15) is 10.1 Å². The molecule has 8 heteroatoms. The van der Waals surface area contributed by atoms with Crippen LogP contribution < -0.4 is 0 Å². The predicted molar refractivity (Wildman–Crippen MR) is 90.5 cm³/mol. The smallest absolute Gasteiger partial charge is 0.241 e. The van der Waals surface area contributed by atoms with Crippen LogP contribution in [0.25, 0.3) is 11.5 Å². The zero-order valence-electron chi connectivity index (χ0n) is 14.5. The van der Waals surface area contributed by atoms with Crippen molar-refractivity contribution in [3.05, 3.63) is 41.9 Å².